The maximum Gasteiger partial charge on any atom is 0.124 e. The van der Waals surface area contributed by atoms with E-state index in [-0.39, 0.29) is 24.8 Å². The van der Waals surface area contributed by atoms with Gasteiger partial charge in [0.1, 0.15) is 36.3 Å². The summed E-state index contributed by atoms with van der Waals surface area (Å²) < 4.78 is 38.1. The lowest BCUT2D eigenvalue weighted by Crippen LogP contribution is -1.97. The van der Waals surface area contributed by atoms with Crippen molar-refractivity contribution in [2.24, 2.45) is 0 Å². The molecule has 0 radical (unpaired) electrons. The van der Waals surface area contributed by atoms with Crippen LogP contribution in [0.25, 0.3) is 0 Å². The third-order valence-corrected chi connectivity index (χ3v) is 7.75. The highest BCUT2D eigenvalue weighted by atomic mass is 35.5. The summed E-state index contributed by atoms with van der Waals surface area (Å²) in [5.74, 6) is 0.634. The third-order valence-electron chi connectivity index (χ3n) is 4.66. The van der Waals surface area contributed by atoms with Crippen molar-refractivity contribution in [1.82, 2.24) is 0 Å². The smallest absolute Gasteiger partial charge is 0.124 e. The summed E-state index contributed by atoms with van der Waals surface area (Å²) >= 11 is 12.1. The number of ether oxygens (including phenoxy) is 2. The van der Waals surface area contributed by atoms with Gasteiger partial charge in [0.15, 0.2) is 0 Å². The molecule has 0 spiro atoms. The number of hydrogen-bond donors (Lipinski definition) is 0. The Balaban J connectivity index is 1.32. The summed E-state index contributed by atoms with van der Waals surface area (Å²) in [4.78, 5) is 2.02. The van der Waals surface area contributed by atoms with E-state index in [1.165, 1.54) is 24.3 Å². The van der Waals surface area contributed by atoms with Gasteiger partial charge < -0.3 is 9.47 Å². The average Bonchev–Trinajstić information content (AvgIpc) is 2.82. The second kappa shape index (κ2) is 11.8. The Morgan fingerprint density at radius 1 is 0.588 bits per heavy atom. The van der Waals surface area contributed by atoms with Gasteiger partial charge in [0, 0.05) is 20.9 Å². The first-order valence-electron chi connectivity index (χ1n) is 10.1. The van der Waals surface area contributed by atoms with Gasteiger partial charge in [-0.05, 0) is 60.7 Å². The lowest BCUT2D eigenvalue weighted by atomic mass is 10.2. The first kappa shape index (κ1) is 24.7. The minimum Gasteiger partial charge on any atom is -0.489 e. The van der Waals surface area contributed by atoms with Crippen LogP contribution in [0.15, 0.2) is 94.7 Å². The normalized spacial score (nSPS) is 10.8. The molecule has 0 saturated carbocycles. The minimum absolute atomic E-state index is 0.248. The first-order valence-corrected chi connectivity index (χ1v) is 13.0. The molecule has 34 heavy (non-hydrogen) atoms. The van der Waals surface area contributed by atoms with Crippen LogP contribution in [0.1, 0.15) is 11.1 Å². The van der Waals surface area contributed by atoms with Crippen LogP contribution in [-0.2, 0) is 13.2 Å². The van der Waals surface area contributed by atoms with Crippen molar-refractivity contribution in [2.45, 2.75) is 23.0 Å². The first-order chi connectivity index (χ1) is 16.5. The number of halogens is 4. The van der Waals surface area contributed by atoms with Crippen LogP contribution in [-0.4, -0.2) is 0 Å². The Hall–Kier alpha value is -2.38. The molecule has 0 atom stereocenters. The van der Waals surface area contributed by atoms with E-state index in [1.54, 1.807) is 33.7 Å². The Bertz CT molecular complexity index is 1190. The van der Waals surface area contributed by atoms with E-state index in [4.69, 9.17) is 32.7 Å². The molecule has 0 saturated heterocycles. The lowest BCUT2D eigenvalue weighted by Gasteiger charge is -2.10. The van der Waals surface area contributed by atoms with Crippen molar-refractivity contribution in [3.05, 3.63) is 118 Å². The molecular weight excluding hydrogens is 517 g/mol. The summed E-state index contributed by atoms with van der Waals surface area (Å²) in [5.41, 5.74) is 1.43. The SMILES string of the molecule is Fc1ccc(COc2cccc(SSc3cccc(OCc4ccc(F)cc4Cl)c3)c2)c(Cl)c1. The van der Waals surface area contributed by atoms with E-state index in [9.17, 15) is 8.78 Å². The molecule has 0 unspecified atom stereocenters. The standard InChI is InChI=1S/C26H18Cl2F2O2S2/c27-25-11-19(29)9-7-17(25)15-31-21-3-1-5-23(13-21)33-34-24-6-2-4-22(14-24)32-16-18-8-10-20(30)12-26(18)28/h1-14H,15-16H2. The van der Waals surface area contributed by atoms with E-state index in [1.807, 2.05) is 48.5 Å². The van der Waals surface area contributed by atoms with Crippen LogP contribution in [0, 0.1) is 11.6 Å². The summed E-state index contributed by atoms with van der Waals surface area (Å²) in [6, 6.07) is 23.9. The van der Waals surface area contributed by atoms with Crippen molar-refractivity contribution < 1.29 is 18.3 Å². The molecule has 0 N–H and O–H groups in total. The van der Waals surface area contributed by atoms with Crippen molar-refractivity contribution in [3.8, 4) is 11.5 Å². The van der Waals surface area contributed by atoms with Gasteiger partial charge in [0.2, 0.25) is 0 Å². The Kier molecular flexibility index (Phi) is 8.62. The molecule has 4 aromatic carbocycles. The predicted octanol–water partition coefficient (Wildman–Crippen LogP) is 9.23. The molecule has 8 heteroatoms. The largest absolute Gasteiger partial charge is 0.489 e. The highest BCUT2D eigenvalue weighted by Gasteiger charge is 2.07. The molecule has 0 amide bonds. The molecular formula is C26H18Cl2F2O2S2. The molecule has 0 heterocycles. The summed E-state index contributed by atoms with van der Waals surface area (Å²) in [5, 5.41) is 0.676. The molecule has 0 aliphatic carbocycles. The molecule has 0 fully saturated rings. The van der Waals surface area contributed by atoms with E-state index in [2.05, 4.69) is 0 Å². The summed E-state index contributed by atoms with van der Waals surface area (Å²) in [6.07, 6.45) is 0. The van der Waals surface area contributed by atoms with Crippen molar-refractivity contribution in [2.75, 3.05) is 0 Å². The third kappa shape index (κ3) is 7.06. The van der Waals surface area contributed by atoms with Gasteiger partial charge in [0.25, 0.3) is 0 Å². The van der Waals surface area contributed by atoms with E-state index in [0.29, 0.717) is 32.7 Å². The summed E-state index contributed by atoms with van der Waals surface area (Å²) in [6.45, 7) is 0.496. The zero-order chi connectivity index (χ0) is 23.9. The van der Waals surface area contributed by atoms with Gasteiger partial charge in [-0.3, -0.25) is 0 Å². The van der Waals surface area contributed by atoms with Crippen LogP contribution in [0.3, 0.4) is 0 Å². The van der Waals surface area contributed by atoms with E-state index in [0.717, 1.165) is 9.79 Å². The molecule has 4 rings (SSSR count). The molecule has 0 aromatic heterocycles. The van der Waals surface area contributed by atoms with Gasteiger partial charge in [0.05, 0.1) is 10.0 Å². The average molecular weight is 535 g/mol. The van der Waals surface area contributed by atoms with Gasteiger partial charge in [-0.1, -0.05) is 69.1 Å². The fourth-order valence-electron chi connectivity index (χ4n) is 2.93. The van der Waals surface area contributed by atoms with Gasteiger partial charge in [-0.2, -0.15) is 0 Å². The van der Waals surface area contributed by atoms with Crippen LogP contribution in [0.4, 0.5) is 8.78 Å². The number of hydrogen-bond acceptors (Lipinski definition) is 4. The zero-order valence-corrected chi connectivity index (χ0v) is 20.8. The number of benzene rings is 4. The molecule has 0 aliphatic heterocycles. The van der Waals surface area contributed by atoms with Gasteiger partial charge in [-0.25, -0.2) is 8.78 Å². The van der Waals surface area contributed by atoms with Crippen molar-refractivity contribution >= 4 is 44.8 Å². The molecule has 174 valence electrons. The van der Waals surface area contributed by atoms with E-state index < -0.39 is 0 Å². The van der Waals surface area contributed by atoms with Gasteiger partial charge in [-0.15, -0.1) is 0 Å². The maximum absolute atomic E-state index is 13.2. The second-order valence-corrected chi connectivity index (χ2v) is 10.3. The fraction of sp³-hybridized carbons (Fsp3) is 0.0769. The highest BCUT2D eigenvalue weighted by molar-refractivity contribution is 8.76. The maximum atomic E-state index is 13.2. The monoisotopic (exact) mass is 534 g/mol. The van der Waals surface area contributed by atoms with Crippen LogP contribution in [0.2, 0.25) is 10.0 Å². The Morgan fingerprint density at radius 2 is 1.03 bits per heavy atom. The molecule has 4 aromatic rings. The second-order valence-electron chi connectivity index (χ2n) is 7.17. The van der Waals surface area contributed by atoms with Crippen molar-refractivity contribution in [3.63, 3.8) is 0 Å². The Labute approximate surface area is 214 Å². The van der Waals surface area contributed by atoms with Crippen LogP contribution in [0.5, 0.6) is 11.5 Å². The molecule has 0 bridgehead atoms. The van der Waals surface area contributed by atoms with Gasteiger partial charge >= 0.3 is 0 Å². The lowest BCUT2D eigenvalue weighted by molar-refractivity contribution is 0.305. The summed E-state index contributed by atoms with van der Waals surface area (Å²) in [7, 11) is 3.17. The van der Waals surface area contributed by atoms with Crippen molar-refractivity contribution in [1.29, 1.82) is 0 Å². The highest BCUT2D eigenvalue weighted by Crippen LogP contribution is 2.39. The molecule has 0 aliphatic rings. The predicted molar refractivity (Wildman–Crippen MR) is 136 cm³/mol. The van der Waals surface area contributed by atoms with Crippen LogP contribution >= 0.6 is 44.8 Å². The minimum atomic E-state index is -0.377. The van der Waals surface area contributed by atoms with Crippen LogP contribution < -0.4 is 9.47 Å². The quantitative estimate of drug-likeness (QED) is 0.199. The van der Waals surface area contributed by atoms with E-state index >= 15 is 0 Å². The Morgan fingerprint density at radius 3 is 1.44 bits per heavy atom. The molecule has 2 nitrogen and oxygen atoms in total. The topological polar surface area (TPSA) is 18.5 Å². The number of rotatable bonds is 9. The zero-order valence-electron chi connectivity index (χ0n) is 17.6. The fourth-order valence-corrected chi connectivity index (χ4v) is 5.36.